The summed E-state index contributed by atoms with van der Waals surface area (Å²) in [5.41, 5.74) is 2.04. The van der Waals surface area contributed by atoms with E-state index < -0.39 is 23.7 Å². The predicted molar refractivity (Wildman–Crippen MR) is 137 cm³/mol. The largest absolute Gasteiger partial charge is 0.507 e. The van der Waals surface area contributed by atoms with Gasteiger partial charge in [-0.1, -0.05) is 37.3 Å². The van der Waals surface area contributed by atoms with Crippen molar-refractivity contribution in [1.29, 1.82) is 0 Å². The van der Waals surface area contributed by atoms with Gasteiger partial charge >= 0.3 is 5.97 Å². The van der Waals surface area contributed by atoms with Gasteiger partial charge in [-0.15, -0.1) is 0 Å². The number of ether oxygens (including phenoxy) is 2. The Kier molecular flexibility index (Phi) is 7.98. The highest BCUT2D eigenvalue weighted by Gasteiger charge is 2.46. The fourth-order valence-corrected chi connectivity index (χ4v) is 4.20. The molecular weight excluding hydrogens is 472 g/mol. The molecule has 37 heavy (non-hydrogen) atoms. The molecule has 0 bridgehead atoms. The van der Waals surface area contributed by atoms with Gasteiger partial charge in [0.2, 0.25) is 0 Å². The lowest BCUT2D eigenvalue weighted by molar-refractivity contribution is -0.140. The van der Waals surface area contributed by atoms with E-state index in [9.17, 15) is 19.5 Å². The van der Waals surface area contributed by atoms with Gasteiger partial charge in [-0.2, -0.15) is 0 Å². The van der Waals surface area contributed by atoms with Gasteiger partial charge in [-0.3, -0.25) is 14.6 Å². The van der Waals surface area contributed by atoms with E-state index in [-0.39, 0.29) is 17.9 Å². The minimum atomic E-state index is -0.848. The molecule has 8 heteroatoms. The highest BCUT2D eigenvalue weighted by Crippen LogP contribution is 2.40. The Bertz CT molecular complexity index is 1320. The van der Waals surface area contributed by atoms with Crippen molar-refractivity contribution in [1.82, 2.24) is 9.88 Å². The lowest BCUT2D eigenvalue weighted by Gasteiger charge is -2.25. The van der Waals surface area contributed by atoms with Gasteiger partial charge < -0.3 is 19.5 Å². The number of amides is 1. The van der Waals surface area contributed by atoms with Crippen molar-refractivity contribution in [2.75, 3.05) is 13.2 Å². The Morgan fingerprint density at radius 3 is 2.49 bits per heavy atom. The normalized spacial score (nSPS) is 16.6. The van der Waals surface area contributed by atoms with Crippen molar-refractivity contribution in [2.45, 2.75) is 32.9 Å². The van der Waals surface area contributed by atoms with Crippen molar-refractivity contribution in [2.24, 2.45) is 0 Å². The van der Waals surface area contributed by atoms with E-state index in [2.05, 4.69) is 4.98 Å². The Morgan fingerprint density at radius 2 is 1.81 bits per heavy atom. The third-order valence-electron chi connectivity index (χ3n) is 5.94. The van der Waals surface area contributed by atoms with E-state index >= 15 is 0 Å². The number of aliphatic hydroxyl groups excluding tert-OH is 1. The highest BCUT2D eigenvalue weighted by atomic mass is 16.5. The van der Waals surface area contributed by atoms with Crippen LogP contribution < -0.4 is 4.74 Å². The first-order valence-electron chi connectivity index (χ1n) is 12.1. The van der Waals surface area contributed by atoms with Crippen LogP contribution in [0.4, 0.5) is 0 Å². The molecule has 1 amide bonds. The first-order valence-corrected chi connectivity index (χ1v) is 12.1. The van der Waals surface area contributed by atoms with Crippen LogP contribution in [0.5, 0.6) is 5.75 Å². The third kappa shape index (κ3) is 5.53. The zero-order chi connectivity index (χ0) is 26.4. The Hall–Kier alpha value is -4.46. The molecule has 0 saturated carbocycles. The van der Waals surface area contributed by atoms with Crippen molar-refractivity contribution in [3.8, 4) is 5.75 Å². The third-order valence-corrected chi connectivity index (χ3v) is 5.94. The van der Waals surface area contributed by atoms with Crippen molar-refractivity contribution >= 4 is 23.4 Å². The molecule has 1 N–H and O–H groups in total. The summed E-state index contributed by atoms with van der Waals surface area (Å²) >= 11 is 0. The molecule has 2 aromatic carbocycles. The molecule has 1 unspecified atom stereocenters. The SMILES string of the molecule is CCCOC(=O)c1ccc(CN2C(=O)C(=O)/C(=C(/O)c3cccc(OCC)c3)C2c2cccnc2)cc1. The van der Waals surface area contributed by atoms with E-state index in [1.165, 1.54) is 4.90 Å². The van der Waals surface area contributed by atoms with Crippen LogP contribution in [-0.4, -0.2) is 45.9 Å². The molecule has 0 radical (unpaired) electrons. The second kappa shape index (κ2) is 11.5. The van der Waals surface area contributed by atoms with Gasteiger partial charge in [0, 0.05) is 24.5 Å². The van der Waals surface area contributed by atoms with Crippen molar-refractivity contribution < 1.29 is 29.0 Å². The second-order valence-corrected chi connectivity index (χ2v) is 8.51. The van der Waals surface area contributed by atoms with Crippen LogP contribution in [-0.2, 0) is 20.9 Å². The molecule has 1 aliphatic rings. The van der Waals surface area contributed by atoms with Crippen LogP contribution in [0.3, 0.4) is 0 Å². The molecule has 8 nitrogen and oxygen atoms in total. The number of Topliss-reactive ketones (excluding diaryl/α,β-unsaturated/α-hetero) is 1. The molecule has 190 valence electrons. The standard InChI is InChI=1S/C29H28N2O6/c1-3-15-37-29(35)20-12-10-19(11-13-20)18-31-25(22-8-6-14-30-17-22)24(27(33)28(31)34)26(32)21-7-5-9-23(16-21)36-4-2/h5-14,16-17,25,32H,3-4,15,18H2,1-2H3/b26-24+. The number of likely N-dealkylation sites (tertiary alicyclic amines) is 1. The average Bonchev–Trinajstić information content (AvgIpc) is 3.17. The smallest absolute Gasteiger partial charge is 0.338 e. The van der Waals surface area contributed by atoms with E-state index in [1.807, 2.05) is 13.8 Å². The number of pyridine rings is 1. The first kappa shape index (κ1) is 25.6. The van der Waals surface area contributed by atoms with Crippen LogP contribution in [0.25, 0.3) is 5.76 Å². The summed E-state index contributed by atoms with van der Waals surface area (Å²) in [6.07, 6.45) is 3.89. The summed E-state index contributed by atoms with van der Waals surface area (Å²) in [6, 6.07) is 16.0. The molecule has 3 aromatic rings. The number of esters is 1. The van der Waals surface area contributed by atoms with Gasteiger partial charge in [0.15, 0.2) is 0 Å². The Balaban J connectivity index is 1.71. The summed E-state index contributed by atoms with van der Waals surface area (Å²) in [4.78, 5) is 44.1. The second-order valence-electron chi connectivity index (χ2n) is 8.51. The zero-order valence-electron chi connectivity index (χ0n) is 20.7. The summed E-state index contributed by atoms with van der Waals surface area (Å²) in [7, 11) is 0. The maximum Gasteiger partial charge on any atom is 0.338 e. The number of aliphatic hydroxyl groups is 1. The molecular formula is C29H28N2O6. The number of ketones is 1. The molecule has 4 rings (SSSR count). The summed E-state index contributed by atoms with van der Waals surface area (Å²) < 4.78 is 10.7. The fraction of sp³-hybridized carbons (Fsp3) is 0.241. The van der Waals surface area contributed by atoms with Crippen LogP contribution in [0.2, 0.25) is 0 Å². The maximum absolute atomic E-state index is 13.2. The minimum Gasteiger partial charge on any atom is -0.507 e. The van der Waals surface area contributed by atoms with E-state index in [0.29, 0.717) is 41.2 Å². The summed E-state index contributed by atoms with van der Waals surface area (Å²) in [6.45, 7) is 4.63. The quantitative estimate of drug-likeness (QED) is 0.197. The van der Waals surface area contributed by atoms with Crippen LogP contribution in [0, 0.1) is 0 Å². The van der Waals surface area contributed by atoms with E-state index in [1.54, 1.807) is 73.1 Å². The average molecular weight is 501 g/mol. The molecule has 2 heterocycles. The maximum atomic E-state index is 13.2. The number of aromatic nitrogens is 1. The van der Waals surface area contributed by atoms with Gasteiger partial charge in [0.25, 0.3) is 11.7 Å². The number of hydrogen-bond acceptors (Lipinski definition) is 7. The lowest BCUT2D eigenvalue weighted by atomic mass is 9.96. The first-order chi connectivity index (χ1) is 17.9. The number of carbonyl (C=O) groups excluding carboxylic acids is 3. The number of rotatable bonds is 9. The number of hydrogen-bond donors (Lipinski definition) is 1. The highest BCUT2D eigenvalue weighted by molar-refractivity contribution is 6.46. The minimum absolute atomic E-state index is 0.0218. The van der Waals surface area contributed by atoms with Crippen molar-refractivity contribution in [3.05, 3.63) is 101 Å². The van der Waals surface area contributed by atoms with E-state index in [0.717, 1.165) is 6.42 Å². The summed E-state index contributed by atoms with van der Waals surface area (Å²) in [5.74, 6) is -1.68. The Labute approximate surface area is 215 Å². The van der Waals surface area contributed by atoms with Crippen LogP contribution >= 0.6 is 0 Å². The molecule has 1 aromatic heterocycles. The number of benzene rings is 2. The molecule has 1 atom stereocenters. The summed E-state index contributed by atoms with van der Waals surface area (Å²) in [5, 5.41) is 11.2. The molecule has 1 fully saturated rings. The van der Waals surface area contributed by atoms with Crippen LogP contribution in [0.1, 0.15) is 53.4 Å². The molecule has 1 aliphatic heterocycles. The zero-order valence-corrected chi connectivity index (χ0v) is 20.7. The van der Waals surface area contributed by atoms with Crippen LogP contribution in [0.15, 0.2) is 78.6 Å². The molecule has 0 spiro atoms. The van der Waals surface area contributed by atoms with Gasteiger partial charge in [0.05, 0.1) is 30.4 Å². The molecule has 1 saturated heterocycles. The number of nitrogens with zero attached hydrogens (tertiary/aromatic N) is 2. The van der Waals surface area contributed by atoms with E-state index in [4.69, 9.17) is 9.47 Å². The Morgan fingerprint density at radius 1 is 1.03 bits per heavy atom. The lowest BCUT2D eigenvalue weighted by Crippen LogP contribution is -2.29. The van der Waals surface area contributed by atoms with Gasteiger partial charge in [-0.05, 0) is 54.8 Å². The molecule has 0 aliphatic carbocycles. The predicted octanol–water partition coefficient (Wildman–Crippen LogP) is 4.67. The number of carbonyl (C=O) groups is 3. The van der Waals surface area contributed by atoms with Gasteiger partial charge in [-0.25, -0.2) is 4.79 Å². The van der Waals surface area contributed by atoms with Gasteiger partial charge in [0.1, 0.15) is 11.5 Å². The topological polar surface area (TPSA) is 106 Å². The monoisotopic (exact) mass is 500 g/mol. The fourth-order valence-electron chi connectivity index (χ4n) is 4.20. The van der Waals surface area contributed by atoms with Crippen molar-refractivity contribution in [3.63, 3.8) is 0 Å².